The Morgan fingerprint density at radius 2 is 2.07 bits per heavy atom. The van der Waals surface area contributed by atoms with Crippen molar-refractivity contribution in [1.82, 2.24) is 14.9 Å². The molecular weight excluding hydrogens is 410 g/mol. The SMILES string of the molecule is COc1ccc(/C=N\n2c(C(F)F)n[nH]c2=S)cc1COc1ccccc1Cl. The zero-order chi connectivity index (χ0) is 20.1. The zero-order valence-corrected chi connectivity index (χ0v) is 16.2. The van der Waals surface area contributed by atoms with Crippen molar-refractivity contribution in [2.24, 2.45) is 5.10 Å². The molecular formula is C18H15ClF2N4O2S. The highest BCUT2D eigenvalue weighted by atomic mass is 35.5. The number of halogens is 3. The van der Waals surface area contributed by atoms with Crippen LogP contribution >= 0.6 is 23.8 Å². The lowest BCUT2D eigenvalue weighted by atomic mass is 10.1. The van der Waals surface area contributed by atoms with Crippen molar-refractivity contribution in [2.45, 2.75) is 13.0 Å². The second-order valence-corrected chi connectivity index (χ2v) is 6.33. The number of hydrogen-bond acceptors (Lipinski definition) is 5. The summed E-state index contributed by atoms with van der Waals surface area (Å²) in [6.07, 6.45) is -1.41. The van der Waals surface area contributed by atoms with Gasteiger partial charge in [0.05, 0.1) is 18.3 Å². The molecule has 146 valence electrons. The summed E-state index contributed by atoms with van der Waals surface area (Å²) in [4.78, 5) is 0. The van der Waals surface area contributed by atoms with Gasteiger partial charge < -0.3 is 9.47 Å². The number of rotatable bonds is 7. The first kappa shape index (κ1) is 20.0. The standard InChI is InChI=1S/C18H15ClF2N4O2S/c1-26-14-7-6-11(9-22-25-17(16(20)21)23-24-18(25)28)8-12(14)10-27-15-5-3-2-4-13(15)19/h2-9,16H,10H2,1H3,(H,24,28)/b22-9-. The fraction of sp³-hybridized carbons (Fsp3) is 0.167. The smallest absolute Gasteiger partial charge is 0.299 e. The highest BCUT2D eigenvalue weighted by Crippen LogP contribution is 2.26. The topological polar surface area (TPSA) is 64.4 Å². The number of alkyl halides is 2. The lowest BCUT2D eigenvalue weighted by Gasteiger charge is -2.12. The van der Waals surface area contributed by atoms with Crippen LogP contribution in [0, 0.1) is 4.77 Å². The number of hydrogen-bond donors (Lipinski definition) is 1. The van der Waals surface area contributed by atoms with E-state index in [1.807, 2.05) is 12.1 Å². The van der Waals surface area contributed by atoms with E-state index >= 15 is 0 Å². The maximum atomic E-state index is 13.0. The Kier molecular flexibility index (Phi) is 6.37. The van der Waals surface area contributed by atoms with Crippen molar-refractivity contribution in [3.63, 3.8) is 0 Å². The third-order valence-electron chi connectivity index (χ3n) is 3.72. The van der Waals surface area contributed by atoms with E-state index in [0.29, 0.717) is 22.1 Å². The van der Waals surface area contributed by atoms with Gasteiger partial charge >= 0.3 is 0 Å². The van der Waals surface area contributed by atoms with Crippen LogP contribution in [0.2, 0.25) is 5.02 Å². The van der Waals surface area contributed by atoms with Crippen molar-refractivity contribution >= 4 is 30.0 Å². The molecule has 1 heterocycles. The van der Waals surface area contributed by atoms with Crippen LogP contribution in [-0.4, -0.2) is 28.2 Å². The van der Waals surface area contributed by atoms with Gasteiger partial charge in [0.2, 0.25) is 10.6 Å². The van der Waals surface area contributed by atoms with Crippen molar-refractivity contribution in [3.05, 3.63) is 69.2 Å². The van der Waals surface area contributed by atoms with Crippen LogP contribution in [0.1, 0.15) is 23.4 Å². The van der Waals surface area contributed by atoms with E-state index < -0.39 is 12.2 Å². The van der Waals surface area contributed by atoms with Crippen molar-refractivity contribution in [2.75, 3.05) is 7.11 Å². The second kappa shape index (κ2) is 8.94. The molecule has 0 saturated heterocycles. The molecule has 0 amide bonds. The number of methoxy groups -OCH3 is 1. The third-order valence-corrected chi connectivity index (χ3v) is 4.29. The van der Waals surface area contributed by atoms with Crippen molar-refractivity contribution in [1.29, 1.82) is 0 Å². The van der Waals surface area contributed by atoms with Crippen LogP contribution in [0.25, 0.3) is 0 Å². The number of nitrogens with zero attached hydrogens (tertiary/aromatic N) is 3. The number of nitrogens with one attached hydrogen (secondary N) is 1. The number of aromatic nitrogens is 3. The summed E-state index contributed by atoms with van der Waals surface area (Å²) in [7, 11) is 1.54. The van der Waals surface area contributed by atoms with E-state index in [1.54, 1.807) is 37.4 Å². The van der Waals surface area contributed by atoms with Crippen LogP contribution < -0.4 is 9.47 Å². The van der Waals surface area contributed by atoms with Gasteiger partial charge in [-0.25, -0.2) is 13.9 Å². The Morgan fingerprint density at radius 3 is 2.79 bits per heavy atom. The first-order valence-corrected chi connectivity index (χ1v) is 8.82. The van der Waals surface area contributed by atoms with Gasteiger partial charge in [-0.1, -0.05) is 23.7 Å². The van der Waals surface area contributed by atoms with Crippen LogP contribution in [-0.2, 0) is 6.61 Å². The molecule has 0 radical (unpaired) electrons. The molecule has 10 heteroatoms. The van der Waals surface area contributed by atoms with E-state index in [2.05, 4.69) is 15.3 Å². The predicted octanol–water partition coefficient (Wildman–Crippen LogP) is 5.00. The summed E-state index contributed by atoms with van der Waals surface area (Å²) in [5.74, 6) is 0.589. The lowest BCUT2D eigenvalue weighted by Crippen LogP contribution is -2.02. The Labute approximate surface area is 169 Å². The normalized spacial score (nSPS) is 11.3. The largest absolute Gasteiger partial charge is 0.496 e. The van der Waals surface area contributed by atoms with Crippen LogP contribution in [0.15, 0.2) is 47.6 Å². The van der Waals surface area contributed by atoms with Gasteiger partial charge in [0.25, 0.3) is 6.43 Å². The zero-order valence-electron chi connectivity index (χ0n) is 14.6. The van der Waals surface area contributed by atoms with E-state index in [9.17, 15) is 8.78 Å². The van der Waals surface area contributed by atoms with Gasteiger partial charge in [-0.05, 0) is 48.1 Å². The predicted molar refractivity (Wildman–Crippen MR) is 104 cm³/mol. The molecule has 3 rings (SSSR count). The Hall–Kier alpha value is -2.78. The monoisotopic (exact) mass is 424 g/mol. The molecule has 0 aliphatic rings. The maximum absolute atomic E-state index is 13.0. The van der Waals surface area contributed by atoms with Crippen LogP contribution in [0.4, 0.5) is 8.78 Å². The van der Waals surface area contributed by atoms with Crippen LogP contribution in [0.3, 0.4) is 0 Å². The molecule has 1 N–H and O–H groups in total. The van der Waals surface area contributed by atoms with Gasteiger partial charge in [0.1, 0.15) is 18.1 Å². The molecule has 0 aliphatic carbocycles. The molecule has 0 atom stereocenters. The Balaban J connectivity index is 1.84. The molecule has 0 unspecified atom stereocenters. The molecule has 0 aliphatic heterocycles. The average molecular weight is 425 g/mol. The highest BCUT2D eigenvalue weighted by molar-refractivity contribution is 7.71. The molecule has 0 spiro atoms. The van der Waals surface area contributed by atoms with Gasteiger partial charge in [0.15, 0.2) is 0 Å². The minimum absolute atomic E-state index is 0.0256. The molecule has 0 fully saturated rings. The fourth-order valence-corrected chi connectivity index (χ4v) is 2.77. The van der Waals surface area contributed by atoms with E-state index in [-0.39, 0.29) is 11.4 Å². The molecule has 28 heavy (non-hydrogen) atoms. The Morgan fingerprint density at radius 1 is 1.29 bits per heavy atom. The van der Waals surface area contributed by atoms with E-state index in [4.69, 9.17) is 33.3 Å². The quantitative estimate of drug-likeness (QED) is 0.428. The summed E-state index contributed by atoms with van der Waals surface area (Å²) in [5.41, 5.74) is 1.37. The molecule has 6 nitrogen and oxygen atoms in total. The first-order chi connectivity index (χ1) is 13.5. The maximum Gasteiger partial charge on any atom is 0.299 e. The van der Waals surface area contributed by atoms with Crippen LogP contribution in [0.5, 0.6) is 11.5 Å². The summed E-state index contributed by atoms with van der Waals surface area (Å²) in [6.45, 7) is 0.196. The molecule has 0 saturated carbocycles. The van der Waals surface area contributed by atoms with Gasteiger partial charge in [-0.3, -0.25) is 0 Å². The number of benzene rings is 2. The van der Waals surface area contributed by atoms with Gasteiger partial charge in [-0.15, -0.1) is 0 Å². The highest BCUT2D eigenvalue weighted by Gasteiger charge is 2.16. The summed E-state index contributed by atoms with van der Waals surface area (Å²) in [6, 6.07) is 12.3. The van der Waals surface area contributed by atoms with E-state index in [0.717, 1.165) is 10.2 Å². The fourth-order valence-electron chi connectivity index (χ4n) is 2.39. The molecule has 0 bridgehead atoms. The minimum Gasteiger partial charge on any atom is -0.496 e. The summed E-state index contributed by atoms with van der Waals surface area (Å²) in [5, 5.41) is 10.3. The van der Waals surface area contributed by atoms with E-state index in [1.165, 1.54) is 6.21 Å². The minimum atomic E-state index is -2.81. The number of ether oxygens (including phenoxy) is 2. The first-order valence-electron chi connectivity index (χ1n) is 8.03. The average Bonchev–Trinajstić information content (AvgIpc) is 3.06. The summed E-state index contributed by atoms with van der Waals surface area (Å²) >= 11 is 11.0. The number of aromatic amines is 1. The third kappa shape index (κ3) is 4.55. The number of H-pyrrole nitrogens is 1. The molecule has 2 aromatic carbocycles. The molecule has 1 aromatic heterocycles. The molecule has 3 aromatic rings. The number of para-hydroxylation sites is 1. The van der Waals surface area contributed by atoms with Crippen molar-refractivity contribution < 1.29 is 18.3 Å². The summed E-state index contributed by atoms with van der Waals surface area (Å²) < 4.78 is 37.9. The van der Waals surface area contributed by atoms with Crippen molar-refractivity contribution in [3.8, 4) is 11.5 Å². The second-order valence-electron chi connectivity index (χ2n) is 5.53. The Bertz CT molecular complexity index is 1050. The van der Waals surface area contributed by atoms with Gasteiger partial charge in [-0.2, -0.15) is 14.9 Å². The van der Waals surface area contributed by atoms with Gasteiger partial charge in [0, 0.05) is 5.56 Å². The lowest BCUT2D eigenvalue weighted by molar-refractivity contribution is 0.136.